The predicted octanol–water partition coefficient (Wildman–Crippen LogP) is 1.50. The molecule has 3 heterocycles. The third-order valence-corrected chi connectivity index (χ3v) is 7.35. The lowest BCUT2D eigenvalue weighted by atomic mass is 10.2. The number of aromatic amines is 1. The van der Waals surface area contributed by atoms with E-state index in [2.05, 4.69) is 15.1 Å². The number of β-amino-alcohol motifs (C(OH)–C–C–N with tert-alkyl or cyclic N) is 1. The first-order chi connectivity index (χ1) is 15.3. The van der Waals surface area contributed by atoms with Crippen molar-refractivity contribution in [1.29, 1.82) is 0 Å². The molecule has 1 unspecified atom stereocenters. The van der Waals surface area contributed by atoms with Gasteiger partial charge in [0.25, 0.3) is 5.56 Å². The molecule has 0 amide bonds. The first-order valence-electron chi connectivity index (χ1n) is 10.7. The number of hydrogen-bond donors (Lipinski definition) is 2. The zero-order valence-electron chi connectivity index (χ0n) is 18.3. The van der Waals surface area contributed by atoms with Crippen molar-refractivity contribution in [3.63, 3.8) is 0 Å². The van der Waals surface area contributed by atoms with Gasteiger partial charge in [-0.05, 0) is 44.9 Å². The Bertz CT molecular complexity index is 1310. The van der Waals surface area contributed by atoms with Gasteiger partial charge in [-0.25, -0.2) is 17.9 Å². The zero-order chi connectivity index (χ0) is 23.0. The Kier molecular flexibility index (Phi) is 6.06. The molecule has 0 bridgehead atoms. The van der Waals surface area contributed by atoms with Gasteiger partial charge >= 0.3 is 0 Å². The lowest BCUT2D eigenvalue weighted by molar-refractivity contribution is 0.189. The van der Waals surface area contributed by atoms with Crippen LogP contribution in [0.1, 0.15) is 38.2 Å². The predicted molar refractivity (Wildman–Crippen MR) is 118 cm³/mol. The summed E-state index contributed by atoms with van der Waals surface area (Å²) in [6.45, 7) is 6.26. The number of aryl methyl sites for hydroxylation is 2. The lowest BCUT2D eigenvalue weighted by Gasteiger charge is -2.17. The van der Waals surface area contributed by atoms with Crippen LogP contribution in [0, 0.1) is 6.92 Å². The van der Waals surface area contributed by atoms with Gasteiger partial charge in [-0.15, -0.1) is 5.10 Å². The van der Waals surface area contributed by atoms with Crippen molar-refractivity contribution in [3.05, 3.63) is 40.1 Å². The molecule has 0 aliphatic carbocycles. The number of aliphatic hydroxyl groups is 1. The Morgan fingerprint density at radius 1 is 1.31 bits per heavy atom. The van der Waals surface area contributed by atoms with Gasteiger partial charge in [0, 0.05) is 19.5 Å². The standard InChI is InChI=1S/C21H27N5O5S/c1-4-6-18-22-13(3)19-21(28)23-20(24-26(18)19)16-11-15(7-8-17(16)31-5-2)32(29,30)25-10-9-14(27)12-25/h7-8,11,14,27H,4-6,9-10,12H2,1-3H3,(H,23,24,28). The van der Waals surface area contributed by atoms with E-state index in [0.29, 0.717) is 47.8 Å². The summed E-state index contributed by atoms with van der Waals surface area (Å²) < 4.78 is 34.7. The quantitative estimate of drug-likeness (QED) is 0.545. The first kappa shape index (κ1) is 22.4. The van der Waals surface area contributed by atoms with Crippen LogP contribution in [0.3, 0.4) is 0 Å². The lowest BCUT2D eigenvalue weighted by Crippen LogP contribution is -2.29. The number of rotatable bonds is 7. The first-order valence-corrected chi connectivity index (χ1v) is 12.1. The largest absolute Gasteiger partial charge is 0.493 e. The second kappa shape index (κ2) is 8.64. The van der Waals surface area contributed by atoms with Gasteiger partial charge in [0.1, 0.15) is 11.6 Å². The number of benzene rings is 1. The van der Waals surface area contributed by atoms with Crippen LogP contribution in [0.15, 0.2) is 27.9 Å². The molecule has 1 aliphatic rings. The van der Waals surface area contributed by atoms with E-state index in [4.69, 9.17) is 4.74 Å². The number of ether oxygens (including phenoxy) is 1. The van der Waals surface area contributed by atoms with E-state index in [9.17, 15) is 18.3 Å². The van der Waals surface area contributed by atoms with Crippen molar-refractivity contribution in [2.75, 3.05) is 19.7 Å². The molecule has 1 aromatic carbocycles. The summed E-state index contributed by atoms with van der Waals surface area (Å²) in [5.74, 6) is 1.27. The van der Waals surface area contributed by atoms with Crippen LogP contribution >= 0.6 is 0 Å². The van der Waals surface area contributed by atoms with Gasteiger partial charge in [-0.3, -0.25) is 4.79 Å². The molecular formula is C21H27N5O5S. The van der Waals surface area contributed by atoms with Crippen LogP contribution in [0.5, 0.6) is 5.75 Å². The molecule has 1 aliphatic heterocycles. The summed E-state index contributed by atoms with van der Waals surface area (Å²) in [6.07, 6.45) is 1.21. The molecule has 0 saturated carbocycles. The van der Waals surface area contributed by atoms with E-state index < -0.39 is 16.1 Å². The molecule has 3 aromatic rings. The van der Waals surface area contributed by atoms with E-state index in [1.54, 1.807) is 13.0 Å². The highest BCUT2D eigenvalue weighted by molar-refractivity contribution is 7.89. The van der Waals surface area contributed by atoms with Crippen LogP contribution in [0.4, 0.5) is 0 Å². The molecule has 0 radical (unpaired) electrons. The molecule has 172 valence electrons. The van der Waals surface area contributed by atoms with E-state index >= 15 is 0 Å². The number of fused-ring (bicyclic) bond motifs is 1. The Morgan fingerprint density at radius 2 is 2.09 bits per heavy atom. The highest BCUT2D eigenvalue weighted by Crippen LogP contribution is 2.32. The Morgan fingerprint density at radius 3 is 2.75 bits per heavy atom. The van der Waals surface area contributed by atoms with Crippen molar-refractivity contribution in [2.24, 2.45) is 0 Å². The van der Waals surface area contributed by atoms with Crippen molar-refractivity contribution in [1.82, 2.24) is 23.9 Å². The maximum absolute atomic E-state index is 13.1. The van der Waals surface area contributed by atoms with Crippen LogP contribution < -0.4 is 10.3 Å². The minimum absolute atomic E-state index is 0.0448. The summed E-state index contributed by atoms with van der Waals surface area (Å²) >= 11 is 0. The third-order valence-electron chi connectivity index (χ3n) is 5.49. The second-order valence-electron chi connectivity index (χ2n) is 7.82. The second-order valence-corrected chi connectivity index (χ2v) is 9.76. The molecule has 10 nitrogen and oxygen atoms in total. The summed E-state index contributed by atoms with van der Waals surface area (Å²) in [6, 6.07) is 4.49. The molecule has 1 saturated heterocycles. The molecular weight excluding hydrogens is 434 g/mol. The van der Waals surface area contributed by atoms with E-state index in [1.807, 2.05) is 13.8 Å². The van der Waals surface area contributed by atoms with Gasteiger partial charge in [-0.1, -0.05) is 6.92 Å². The average Bonchev–Trinajstić information content (AvgIpc) is 3.33. The summed E-state index contributed by atoms with van der Waals surface area (Å²) in [7, 11) is -3.82. The van der Waals surface area contributed by atoms with Gasteiger partial charge in [0.05, 0.1) is 28.9 Å². The summed E-state index contributed by atoms with van der Waals surface area (Å²) in [4.78, 5) is 20.1. The molecule has 2 N–H and O–H groups in total. The number of aromatic nitrogens is 4. The maximum atomic E-state index is 13.1. The smallest absolute Gasteiger partial charge is 0.277 e. The fourth-order valence-electron chi connectivity index (χ4n) is 3.96. The number of aliphatic hydroxyl groups excluding tert-OH is 1. The average molecular weight is 462 g/mol. The fourth-order valence-corrected chi connectivity index (χ4v) is 5.48. The van der Waals surface area contributed by atoms with Crippen LogP contribution in [-0.2, 0) is 16.4 Å². The highest BCUT2D eigenvalue weighted by atomic mass is 32.2. The van der Waals surface area contributed by atoms with Crippen LogP contribution in [-0.4, -0.2) is 63.2 Å². The highest BCUT2D eigenvalue weighted by Gasteiger charge is 2.32. The van der Waals surface area contributed by atoms with E-state index in [1.165, 1.54) is 21.0 Å². The maximum Gasteiger partial charge on any atom is 0.277 e. The number of imidazole rings is 1. The van der Waals surface area contributed by atoms with E-state index in [0.717, 1.165) is 6.42 Å². The summed E-state index contributed by atoms with van der Waals surface area (Å²) in [5, 5.41) is 14.4. The van der Waals surface area contributed by atoms with E-state index in [-0.39, 0.29) is 29.4 Å². The van der Waals surface area contributed by atoms with Gasteiger partial charge in [0.2, 0.25) is 10.0 Å². The molecule has 11 heteroatoms. The molecule has 32 heavy (non-hydrogen) atoms. The Hall–Kier alpha value is -2.76. The molecule has 0 spiro atoms. The van der Waals surface area contributed by atoms with Crippen LogP contribution in [0.25, 0.3) is 16.9 Å². The third kappa shape index (κ3) is 3.91. The van der Waals surface area contributed by atoms with Crippen molar-refractivity contribution in [3.8, 4) is 17.1 Å². The minimum Gasteiger partial charge on any atom is -0.493 e. The van der Waals surface area contributed by atoms with Crippen molar-refractivity contribution >= 4 is 15.5 Å². The Labute approximate surface area is 185 Å². The van der Waals surface area contributed by atoms with Crippen molar-refractivity contribution < 1.29 is 18.3 Å². The van der Waals surface area contributed by atoms with Gasteiger partial charge < -0.3 is 14.8 Å². The number of sulfonamides is 1. The van der Waals surface area contributed by atoms with Gasteiger partial charge in [-0.2, -0.15) is 4.31 Å². The van der Waals surface area contributed by atoms with Crippen molar-refractivity contribution in [2.45, 2.75) is 51.0 Å². The SMILES string of the molecule is CCCc1nc(C)c2c(=O)[nH]c(-c3cc(S(=O)(=O)N4CCC(O)C4)ccc3OCC)nn12. The van der Waals surface area contributed by atoms with Crippen LogP contribution in [0.2, 0.25) is 0 Å². The molecule has 1 atom stereocenters. The monoisotopic (exact) mass is 461 g/mol. The number of nitrogens with zero attached hydrogens (tertiary/aromatic N) is 4. The normalized spacial score (nSPS) is 17.3. The number of hydrogen-bond acceptors (Lipinski definition) is 7. The van der Waals surface area contributed by atoms with Gasteiger partial charge in [0.15, 0.2) is 11.3 Å². The Balaban J connectivity index is 1.88. The molecule has 4 rings (SSSR count). The minimum atomic E-state index is -3.82. The molecule has 2 aromatic heterocycles. The zero-order valence-corrected chi connectivity index (χ0v) is 19.1. The number of H-pyrrole nitrogens is 1. The number of nitrogens with one attached hydrogen (secondary N) is 1. The summed E-state index contributed by atoms with van der Waals surface area (Å²) in [5.41, 5.74) is 0.953. The topological polar surface area (TPSA) is 130 Å². The molecule has 1 fully saturated rings. The fraction of sp³-hybridized carbons (Fsp3) is 0.476.